The van der Waals surface area contributed by atoms with E-state index in [9.17, 15) is 13.2 Å². The summed E-state index contributed by atoms with van der Waals surface area (Å²) in [6, 6.07) is 6.62. The Morgan fingerprint density at radius 2 is 1.52 bits per heavy atom. The largest absolute Gasteiger partial charge is 0.351 e. The van der Waals surface area contributed by atoms with Crippen molar-refractivity contribution >= 4 is 15.9 Å². The van der Waals surface area contributed by atoms with Crippen LogP contribution in [0.5, 0.6) is 0 Å². The lowest BCUT2D eigenvalue weighted by Crippen LogP contribution is -2.42. The van der Waals surface area contributed by atoms with Gasteiger partial charge in [-0.2, -0.15) is 0 Å². The number of carbonyl (C=O) groups excluding carboxylic acids is 1. The second-order valence-electron chi connectivity index (χ2n) is 6.98. The molecule has 0 radical (unpaired) electrons. The Hall–Kier alpha value is -1.44. The Morgan fingerprint density at radius 3 is 1.96 bits per heavy atom. The molecule has 0 aliphatic carbocycles. The first kappa shape index (κ1) is 21.6. The van der Waals surface area contributed by atoms with Crippen LogP contribution in [0.25, 0.3) is 0 Å². The number of sulfonamides is 1. The van der Waals surface area contributed by atoms with Crippen LogP contribution in [0.3, 0.4) is 0 Å². The number of carbonyl (C=O) groups is 1. The van der Waals surface area contributed by atoms with Gasteiger partial charge in [0.25, 0.3) is 5.91 Å². The van der Waals surface area contributed by atoms with Crippen LogP contribution in [-0.2, 0) is 10.0 Å². The average molecular weight is 370 g/mol. The number of hydrogen-bond acceptors (Lipinski definition) is 4. The van der Waals surface area contributed by atoms with Crippen LogP contribution in [-0.4, -0.2) is 50.4 Å². The Kier molecular flexibility index (Phi) is 8.05. The number of hydrogen-bond donors (Lipinski definition) is 2. The first-order chi connectivity index (χ1) is 11.5. The molecule has 0 unspecified atom stereocenters. The van der Waals surface area contributed by atoms with Crippen molar-refractivity contribution in [3.05, 3.63) is 29.8 Å². The minimum Gasteiger partial charge on any atom is -0.351 e. The Bertz CT molecular complexity index is 645. The molecule has 0 heterocycles. The first-order valence-electron chi connectivity index (χ1n) is 8.71. The van der Waals surface area contributed by atoms with Gasteiger partial charge in [0.1, 0.15) is 0 Å². The molecule has 0 bridgehead atoms. The monoisotopic (exact) mass is 369 g/mol. The van der Waals surface area contributed by atoms with Crippen LogP contribution >= 0.6 is 0 Å². The van der Waals surface area contributed by atoms with Gasteiger partial charge < -0.3 is 5.32 Å². The summed E-state index contributed by atoms with van der Waals surface area (Å²) in [7, 11) is -3.54. The molecule has 0 saturated carbocycles. The molecular formula is C18H31N3O3S. The van der Waals surface area contributed by atoms with E-state index in [0.717, 1.165) is 6.54 Å². The van der Waals surface area contributed by atoms with Gasteiger partial charge in [0.05, 0.1) is 4.90 Å². The van der Waals surface area contributed by atoms with Crippen molar-refractivity contribution in [3.63, 3.8) is 0 Å². The van der Waals surface area contributed by atoms with Crippen LogP contribution < -0.4 is 10.0 Å². The van der Waals surface area contributed by atoms with Crippen LogP contribution in [0, 0.1) is 0 Å². The van der Waals surface area contributed by atoms with Gasteiger partial charge in [-0.05, 0) is 65.8 Å². The lowest BCUT2D eigenvalue weighted by Gasteiger charge is -2.30. The summed E-state index contributed by atoms with van der Waals surface area (Å²) >= 11 is 0. The standard InChI is InChI=1S/C18H31N3O3S/c1-13(2)20-25(23,24)17-9-7-16(8-10-17)18(22)19-11-12-21(14(3)4)15(5)6/h7-10,13-15,20H,11-12H2,1-6H3,(H,19,22). The molecule has 0 saturated heterocycles. The summed E-state index contributed by atoms with van der Waals surface area (Å²) in [5.74, 6) is -0.201. The Balaban J connectivity index is 2.66. The van der Waals surface area contributed by atoms with E-state index in [1.165, 1.54) is 24.3 Å². The average Bonchev–Trinajstić information content (AvgIpc) is 2.49. The highest BCUT2D eigenvalue weighted by Gasteiger charge is 2.16. The lowest BCUT2D eigenvalue weighted by molar-refractivity contribution is 0.0939. The highest BCUT2D eigenvalue weighted by molar-refractivity contribution is 7.89. The Labute approximate surface area is 152 Å². The quantitative estimate of drug-likeness (QED) is 0.700. The molecule has 25 heavy (non-hydrogen) atoms. The molecule has 0 aliphatic heterocycles. The third kappa shape index (κ3) is 6.76. The van der Waals surface area contributed by atoms with Crippen molar-refractivity contribution in [3.8, 4) is 0 Å². The van der Waals surface area contributed by atoms with Gasteiger partial charge in [0.2, 0.25) is 10.0 Å². The minimum absolute atomic E-state index is 0.156. The summed E-state index contributed by atoms with van der Waals surface area (Å²) in [6.07, 6.45) is 0. The molecule has 0 atom stereocenters. The molecule has 2 N–H and O–H groups in total. The SMILES string of the molecule is CC(C)NS(=O)(=O)c1ccc(C(=O)NCCN(C(C)C)C(C)C)cc1. The van der Waals surface area contributed by atoms with Crippen molar-refractivity contribution in [2.45, 2.75) is 64.6 Å². The van der Waals surface area contributed by atoms with Gasteiger partial charge in [-0.15, -0.1) is 0 Å². The highest BCUT2D eigenvalue weighted by Crippen LogP contribution is 2.11. The van der Waals surface area contributed by atoms with Crippen molar-refractivity contribution in [1.82, 2.24) is 14.9 Å². The van der Waals surface area contributed by atoms with Crippen LogP contribution in [0.2, 0.25) is 0 Å². The van der Waals surface area contributed by atoms with Gasteiger partial charge in [0.15, 0.2) is 0 Å². The molecule has 0 spiro atoms. The summed E-state index contributed by atoms with van der Waals surface area (Å²) in [4.78, 5) is 14.7. The number of nitrogens with one attached hydrogen (secondary N) is 2. The van der Waals surface area contributed by atoms with E-state index in [1.54, 1.807) is 13.8 Å². The molecule has 7 heteroatoms. The molecule has 0 fully saturated rings. The maximum absolute atomic E-state index is 12.2. The second kappa shape index (κ2) is 9.31. The zero-order valence-corrected chi connectivity index (χ0v) is 16.9. The number of benzene rings is 1. The summed E-state index contributed by atoms with van der Waals surface area (Å²) in [6.45, 7) is 13.4. The molecule has 1 rings (SSSR count). The zero-order valence-electron chi connectivity index (χ0n) is 16.0. The van der Waals surface area contributed by atoms with Gasteiger partial charge in [-0.3, -0.25) is 9.69 Å². The fourth-order valence-electron chi connectivity index (χ4n) is 2.68. The minimum atomic E-state index is -3.54. The molecule has 0 aromatic heterocycles. The maximum atomic E-state index is 12.2. The third-order valence-electron chi connectivity index (χ3n) is 3.80. The third-order valence-corrected chi connectivity index (χ3v) is 5.47. The maximum Gasteiger partial charge on any atom is 0.251 e. The summed E-state index contributed by atoms with van der Waals surface area (Å²) in [5.41, 5.74) is 0.448. The molecule has 6 nitrogen and oxygen atoms in total. The highest BCUT2D eigenvalue weighted by atomic mass is 32.2. The lowest BCUT2D eigenvalue weighted by atomic mass is 10.2. The predicted molar refractivity (Wildman–Crippen MR) is 101 cm³/mol. The summed E-state index contributed by atoms with van der Waals surface area (Å²) < 4.78 is 26.7. The second-order valence-corrected chi connectivity index (χ2v) is 8.70. The van der Waals surface area contributed by atoms with E-state index in [1.807, 2.05) is 0 Å². The number of amides is 1. The van der Waals surface area contributed by atoms with Crippen molar-refractivity contribution in [1.29, 1.82) is 0 Å². The van der Waals surface area contributed by atoms with E-state index < -0.39 is 10.0 Å². The fourth-order valence-corrected chi connectivity index (χ4v) is 3.93. The molecule has 0 aliphatic rings. The van der Waals surface area contributed by atoms with Gasteiger partial charge >= 0.3 is 0 Å². The molecule has 142 valence electrons. The first-order valence-corrected chi connectivity index (χ1v) is 10.2. The van der Waals surface area contributed by atoms with Gasteiger partial charge in [-0.25, -0.2) is 13.1 Å². The van der Waals surface area contributed by atoms with Crippen molar-refractivity contribution < 1.29 is 13.2 Å². The normalized spacial score (nSPS) is 12.4. The number of nitrogens with zero attached hydrogens (tertiary/aromatic N) is 1. The van der Waals surface area contributed by atoms with Crippen molar-refractivity contribution in [2.24, 2.45) is 0 Å². The molecular weight excluding hydrogens is 338 g/mol. The van der Waals surface area contributed by atoms with E-state index in [-0.39, 0.29) is 16.8 Å². The topological polar surface area (TPSA) is 78.5 Å². The van der Waals surface area contributed by atoms with E-state index >= 15 is 0 Å². The van der Waals surface area contributed by atoms with Crippen LogP contribution in [0.4, 0.5) is 0 Å². The summed E-state index contributed by atoms with van der Waals surface area (Å²) in [5, 5.41) is 2.88. The van der Waals surface area contributed by atoms with Crippen molar-refractivity contribution in [2.75, 3.05) is 13.1 Å². The number of rotatable bonds is 9. The molecule has 1 aromatic carbocycles. The van der Waals surface area contributed by atoms with E-state index in [0.29, 0.717) is 24.2 Å². The van der Waals surface area contributed by atoms with Crippen LogP contribution in [0.15, 0.2) is 29.2 Å². The van der Waals surface area contributed by atoms with Crippen LogP contribution in [0.1, 0.15) is 51.9 Å². The zero-order chi connectivity index (χ0) is 19.2. The predicted octanol–water partition coefficient (Wildman–Crippen LogP) is 2.22. The molecule has 1 aromatic rings. The smallest absolute Gasteiger partial charge is 0.251 e. The van der Waals surface area contributed by atoms with Gasteiger partial charge in [0, 0.05) is 36.8 Å². The van der Waals surface area contributed by atoms with Gasteiger partial charge in [-0.1, -0.05) is 0 Å². The molecule has 1 amide bonds. The Morgan fingerprint density at radius 1 is 1.00 bits per heavy atom. The van der Waals surface area contributed by atoms with E-state index in [4.69, 9.17) is 0 Å². The van der Waals surface area contributed by atoms with E-state index in [2.05, 4.69) is 42.6 Å². The fraction of sp³-hybridized carbons (Fsp3) is 0.611.